The molecule has 0 aliphatic rings. The third kappa shape index (κ3) is 4.94. The molecule has 0 unspecified atom stereocenters. The minimum atomic E-state index is -0.371. The summed E-state index contributed by atoms with van der Waals surface area (Å²) in [6, 6.07) is 21.5. The lowest BCUT2D eigenvalue weighted by atomic mass is 10.0. The number of benzene rings is 3. The van der Waals surface area contributed by atoms with Crippen molar-refractivity contribution in [2.24, 2.45) is 4.99 Å². The number of carbonyl (C=O) groups is 2. The molecular formula is C26H24N2O4S. The monoisotopic (exact) mass is 460 g/mol. The molecule has 0 saturated carbocycles. The Labute approximate surface area is 195 Å². The van der Waals surface area contributed by atoms with Gasteiger partial charge in [-0.15, -0.1) is 0 Å². The highest BCUT2D eigenvalue weighted by Gasteiger charge is 2.14. The summed E-state index contributed by atoms with van der Waals surface area (Å²) < 4.78 is 14.0. The lowest BCUT2D eigenvalue weighted by Crippen LogP contribution is -2.19. The highest BCUT2D eigenvalue weighted by Crippen LogP contribution is 2.27. The van der Waals surface area contributed by atoms with E-state index >= 15 is 0 Å². The summed E-state index contributed by atoms with van der Waals surface area (Å²) in [7, 11) is 1.64. The van der Waals surface area contributed by atoms with Gasteiger partial charge in [0.1, 0.15) is 11.3 Å². The molecule has 168 valence electrons. The maximum Gasteiger partial charge on any atom is 0.279 e. The third-order valence-electron chi connectivity index (χ3n) is 5.11. The molecule has 6 nitrogen and oxygen atoms in total. The normalized spacial score (nSPS) is 11.6. The first-order valence-electron chi connectivity index (χ1n) is 10.7. The van der Waals surface area contributed by atoms with Gasteiger partial charge in [-0.3, -0.25) is 9.59 Å². The molecule has 1 heterocycles. The third-order valence-corrected chi connectivity index (χ3v) is 6.15. The number of rotatable bonds is 8. The van der Waals surface area contributed by atoms with Gasteiger partial charge in [0.2, 0.25) is 0 Å². The molecule has 0 fully saturated rings. The van der Waals surface area contributed by atoms with E-state index in [1.165, 1.54) is 11.3 Å². The number of aromatic nitrogens is 1. The average Bonchev–Trinajstić information content (AvgIpc) is 3.20. The molecule has 3 aromatic carbocycles. The first kappa shape index (κ1) is 22.6. The minimum absolute atomic E-state index is 0.0862. The quantitative estimate of drug-likeness (QED) is 0.357. The number of para-hydroxylation sites is 1. The Balaban J connectivity index is 1.68. The van der Waals surface area contributed by atoms with E-state index in [1.54, 1.807) is 43.5 Å². The highest BCUT2D eigenvalue weighted by atomic mass is 32.1. The molecular weight excluding hydrogens is 436 g/mol. The molecule has 0 aliphatic carbocycles. The van der Waals surface area contributed by atoms with Crippen molar-refractivity contribution in [2.45, 2.75) is 13.5 Å². The molecule has 0 atom stereocenters. The van der Waals surface area contributed by atoms with Crippen molar-refractivity contribution >= 4 is 33.2 Å². The number of thiazole rings is 1. The molecule has 1 aromatic heterocycles. The van der Waals surface area contributed by atoms with Crippen molar-refractivity contribution in [3.05, 3.63) is 94.3 Å². The van der Waals surface area contributed by atoms with Crippen LogP contribution in [-0.2, 0) is 11.3 Å². The van der Waals surface area contributed by atoms with Crippen LogP contribution < -0.4 is 9.54 Å². The van der Waals surface area contributed by atoms with Crippen LogP contribution in [0.5, 0.6) is 5.75 Å². The Morgan fingerprint density at radius 2 is 1.61 bits per heavy atom. The Hall–Kier alpha value is -3.55. The van der Waals surface area contributed by atoms with Crippen LogP contribution in [0.1, 0.15) is 33.2 Å². The fourth-order valence-electron chi connectivity index (χ4n) is 3.52. The van der Waals surface area contributed by atoms with Gasteiger partial charge in [0.05, 0.1) is 17.9 Å². The Morgan fingerprint density at radius 1 is 0.909 bits per heavy atom. The van der Waals surface area contributed by atoms with Crippen molar-refractivity contribution in [2.75, 3.05) is 20.3 Å². The summed E-state index contributed by atoms with van der Waals surface area (Å²) in [6.45, 7) is 3.49. The van der Waals surface area contributed by atoms with Crippen LogP contribution in [-0.4, -0.2) is 36.6 Å². The molecule has 7 heteroatoms. The number of hydrogen-bond acceptors (Lipinski definition) is 5. The van der Waals surface area contributed by atoms with Crippen molar-refractivity contribution in [3.63, 3.8) is 0 Å². The molecule has 1 amide bonds. The van der Waals surface area contributed by atoms with Crippen molar-refractivity contribution in [1.29, 1.82) is 0 Å². The average molecular weight is 461 g/mol. The van der Waals surface area contributed by atoms with E-state index in [4.69, 9.17) is 9.47 Å². The second-order valence-electron chi connectivity index (χ2n) is 7.25. The van der Waals surface area contributed by atoms with Gasteiger partial charge in [-0.25, -0.2) is 0 Å². The molecule has 0 N–H and O–H groups in total. The number of amides is 1. The first-order chi connectivity index (χ1) is 16.1. The van der Waals surface area contributed by atoms with Crippen LogP contribution >= 0.6 is 11.3 Å². The van der Waals surface area contributed by atoms with Crippen LogP contribution in [0.15, 0.2) is 77.8 Å². The zero-order valence-electron chi connectivity index (χ0n) is 18.5. The number of ether oxygens (including phenoxy) is 2. The van der Waals surface area contributed by atoms with E-state index in [1.807, 2.05) is 47.9 Å². The molecule has 0 aliphatic heterocycles. The second-order valence-corrected chi connectivity index (χ2v) is 8.26. The van der Waals surface area contributed by atoms with Gasteiger partial charge in [0.25, 0.3) is 5.91 Å². The summed E-state index contributed by atoms with van der Waals surface area (Å²) >= 11 is 1.43. The number of methoxy groups -OCH3 is 1. The second kappa shape index (κ2) is 10.4. The molecule has 4 aromatic rings. The van der Waals surface area contributed by atoms with Gasteiger partial charge >= 0.3 is 0 Å². The van der Waals surface area contributed by atoms with Crippen molar-refractivity contribution < 1.29 is 19.1 Å². The Morgan fingerprint density at radius 3 is 2.30 bits per heavy atom. The standard InChI is InChI=1S/C26H24N2O4S/c1-3-32-21-10-7-11-22-23(21)28(16-17-31-2)26(33-22)27-25(30)20-14-12-19(13-15-20)24(29)18-8-5-4-6-9-18/h4-15H,3,16-17H2,1-2H3. The number of ketones is 1. The highest BCUT2D eigenvalue weighted by molar-refractivity contribution is 7.16. The van der Waals surface area contributed by atoms with Crippen LogP contribution in [0.2, 0.25) is 0 Å². The van der Waals surface area contributed by atoms with Gasteiger partial charge in [0.15, 0.2) is 10.6 Å². The van der Waals surface area contributed by atoms with Gasteiger partial charge < -0.3 is 14.0 Å². The number of nitrogens with zero attached hydrogens (tertiary/aromatic N) is 2. The Kier molecular flexibility index (Phi) is 7.12. The number of carbonyl (C=O) groups excluding carboxylic acids is 2. The predicted octanol–water partition coefficient (Wildman–Crippen LogP) is 4.72. The van der Waals surface area contributed by atoms with Gasteiger partial charge in [0, 0.05) is 30.3 Å². The van der Waals surface area contributed by atoms with Crippen LogP contribution in [0.3, 0.4) is 0 Å². The fourth-order valence-corrected chi connectivity index (χ4v) is 4.59. The van der Waals surface area contributed by atoms with Gasteiger partial charge in [-0.1, -0.05) is 59.9 Å². The molecule has 0 spiro atoms. The van der Waals surface area contributed by atoms with E-state index in [9.17, 15) is 9.59 Å². The smallest absolute Gasteiger partial charge is 0.279 e. The number of hydrogen-bond donors (Lipinski definition) is 0. The zero-order chi connectivity index (χ0) is 23.2. The fraction of sp³-hybridized carbons (Fsp3) is 0.192. The van der Waals surface area contributed by atoms with Crippen LogP contribution in [0.4, 0.5) is 0 Å². The SMILES string of the molecule is CCOc1cccc2sc(=NC(=O)c3ccc(C(=O)c4ccccc4)cc3)n(CCOC)c12. The van der Waals surface area contributed by atoms with E-state index < -0.39 is 0 Å². The van der Waals surface area contributed by atoms with E-state index in [0.717, 1.165) is 16.0 Å². The molecule has 0 bridgehead atoms. The van der Waals surface area contributed by atoms with E-state index in [0.29, 0.717) is 41.3 Å². The predicted molar refractivity (Wildman–Crippen MR) is 129 cm³/mol. The van der Waals surface area contributed by atoms with Gasteiger partial charge in [-0.05, 0) is 31.2 Å². The molecule has 0 saturated heterocycles. The summed E-state index contributed by atoms with van der Waals surface area (Å²) in [6.07, 6.45) is 0. The number of fused-ring (bicyclic) bond motifs is 1. The van der Waals surface area contributed by atoms with Crippen molar-refractivity contribution in [1.82, 2.24) is 4.57 Å². The van der Waals surface area contributed by atoms with Crippen LogP contribution in [0, 0.1) is 0 Å². The first-order valence-corrected chi connectivity index (χ1v) is 11.5. The molecule has 4 rings (SSSR count). The molecule has 0 radical (unpaired) electrons. The maximum absolute atomic E-state index is 13.0. The van der Waals surface area contributed by atoms with E-state index in [-0.39, 0.29) is 11.7 Å². The summed E-state index contributed by atoms with van der Waals surface area (Å²) in [5.74, 6) is 0.293. The van der Waals surface area contributed by atoms with Crippen molar-refractivity contribution in [3.8, 4) is 5.75 Å². The maximum atomic E-state index is 13.0. The van der Waals surface area contributed by atoms with Gasteiger partial charge in [-0.2, -0.15) is 4.99 Å². The lowest BCUT2D eigenvalue weighted by Gasteiger charge is -2.09. The lowest BCUT2D eigenvalue weighted by molar-refractivity contribution is 0.0994. The topological polar surface area (TPSA) is 69.9 Å². The Bertz CT molecular complexity index is 1340. The summed E-state index contributed by atoms with van der Waals surface area (Å²) in [4.78, 5) is 30.5. The molecule has 33 heavy (non-hydrogen) atoms. The van der Waals surface area contributed by atoms with Crippen LogP contribution in [0.25, 0.3) is 10.2 Å². The minimum Gasteiger partial charge on any atom is -0.492 e. The summed E-state index contributed by atoms with van der Waals surface area (Å²) in [5, 5.41) is 0. The largest absolute Gasteiger partial charge is 0.492 e. The van der Waals surface area contributed by atoms with E-state index in [2.05, 4.69) is 4.99 Å². The summed E-state index contributed by atoms with van der Waals surface area (Å²) in [5.41, 5.74) is 2.45. The zero-order valence-corrected chi connectivity index (χ0v) is 19.3.